The van der Waals surface area contributed by atoms with Gasteiger partial charge in [-0.3, -0.25) is 19.3 Å². The van der Waals surface area contributed by atoms with Crippen molar-refractivity contribution in [3.05, 3.63) is 58.9 Å². The van der Waals surface area contributed by atoms with Crippen molar-refractivity contribution in [3.8, 4) is 5.75 Å². The number of benzene rings is 2. The highest BCUT2D eigenvalue weighted by atomic mass is 19.1. The second-order valence-corrected chi connectivity index (χ2v) is 12.6. The van der Waals surface area contributed by atoms with Gasteiger partial charge in [0.05, 0.1) is 19.1 Å². The number of carbonyl (C=O) groups is 3. The molecule has 0 aliphatic carbocycles. The Labute approximate surface area is 260 Å². The molecule has 3 heterocycles. The summed E-state index contributed by atoms with van der Waals surface area (Å²) in [6, 6.07) is 10.3. The van der Waals surface area contributed by atoms with E-state index < -0.39 is 17.9 Å². The van der Waals surface area contributed by atoms with Crippen LogP contribution in [-0.4, -0.2) is 77.6 Å². The Hall–Kier alpha value is -3.46. The molecule has 238 valence electrons. The summed E-state index contributed by atoms with van der Waals surface area (Å²) in [5.41, 5.74) is 3.18. The summed E-state index contributed by atoms with van der Waals surface area (Å²) in [5, 5.41) is 10.6. The molecule has 0 spiro atoms. The molecule has 3 aliphatic rings. The van der Waals surface area contributed by atoms with E-state index in [2.05, 4.69) is 19.9 Å². The highest BCUT2D eigenvalue weighted by Crippen LogP contribution is 2.41. The van der Waals surface area contributed by atoms with Gasteiger partial charge in [0.1, 0.15) is 11.6 Å². The van der Waals surface area contributed by atoms with Gasteiger partial charge in [-0.15, -0.1) is 0 Å². The van der Waals surface area contributed by atoms with Crippen molar-refractivity contribution in [1.29, 1.82) is 0 Å². The third-order valence-corrected chi connectivity index (χ3v) is 9.68. The lowest BCUT2D eigenvalue weighted by Crippen LogP contribution is -2.48. The molecule has 0 radical (unpaired) electrons. The first-order chi connectivity index (χ1) is 21.2. The number of nitrogens with zero attached hydrogens (tertiary/aromatic N) is 3. The summed E-state index contributed by atoms with van der Waals surface area (Å²) in [6.07, 6.45) is 6.03. The predicted octanol–water partition coefficient (Wildman–Crippen LogP) is 5.55. The van der Waals surface area contributed by atoms with Crippen LogP contribution in [-0.2, 0) is 20.8 Å². The number of rotatable bonds is 13. The summed E-state index contributed by atoms with van der Waals surface area (Å²) in [4.78, 5) is 45.5. The van der Waals surface area contributed by atoms with E-state index in [1.807, 2.05) is 26.8 Å². The van der Waals surface area contributed by atoms with E-state index in [9.17, 15) is 23.9 Å². The number of halogens is 1. The van der Waals surface area contributed by atoms with Gasteiger partial charge in [0.15, 0.2) is 0 Å². The Kier molecular flexibility index (Phi) is 10.2. The largest absolute Gasteiger partial charge is 0.493 e. The second-order valence-electron chi connectivity index (χ2n) is 12.6. The molecule has 3 unspecified atom stereocenters. The van der Waals surface area contributed by atoms with Crippen molar-refractivity contribution in [3.63, 3.8) is 0 Å². The van der Waals surface area contributed by atoms with E-state index in [1.54, 1.807) is 19.1 Å². The Bertz CT molecular complexity index is 1360. The van der Waals surface area contributed by atoms with Crippen molar-refractivity contribution in [2.75, 3.05) is 37.7 Å². The average Bonchev–Trinajstić information content (AvgIpc) is 3.72. The average molecular weight is 608 g/mol. The predicted molar refractivity (Wildman–Crippen MR) is 168 cm³/mol. The van der Waals surface area contributed by atoms with E-state index in [4.69, 9.17) is 4.74 Å². The number of aliphatic carboxylic acids is 1. The number of carbonyl (C=O) groups excluding carboxylic acids is 2. The zero-order valence-electron chi connectivity index (χ0n) is 26.3. The first kappa shape index (κ1) is 31.9. The van der Waals surface area contributed by atoms with E-state index in [0.29, 0.717) is 50.3 Å². The smallest absolute Gasteiger partial charge is 0.308 e. The van der Waals surface area contributed by atoms with Crippen molar-refractivity contribution in [2.45, 2.75) is 90.1 Å². The van der Waals surface area contributed by atoms with Gasteiger partial charge in [0, 0.05) is 56.2 Å². The Balaban J connectivity index is 1.47. The minimum Gasteiger partial charge on any atom is -0.493 e. The highest BCUT2D eigenvalue weighted by Gasteiger charge is 2.48. The molecule has 2 amide bonds. The van der Waals surface area contributed by atoms with Gasteiger partial charge in [0.2, 0.25) is 11.8 Å². The van der Waals surface area contributed by atoms with Gasteiger partial charge in [-0.1, -0.05) is 38.8 Å². The Morgan fingerprint density at radius 2 is 1.89 bits per heavy atom. The van der Waals surface area contributed by atoms with E-state index in [1.165, 1.54) is 6.07 Å². The van der Waals surface area contributed by atoms with Gasteiger partial charge in [-0.2, -0.15) is 0 Å². The zero-order valence-corrected chi connectivity index (χ0v) is 26.3. The van der Waals surface area contributed by atoms with Crippen LogP contribution in [0.25, 0.3) is 0 Å². The third kappa shape index (κ3) is 6.77. The van der Waals surface area contributed by atoms with Crippen LogP contribution in [0.5, 0.6) is 5.75 Å². The van der Waals surface area contributed by atoms with Gasteiger partial charge in [-0.25, -0.2) is 4.39 Å². The molecule has 1 N–H and O–H groups in total. The summed E-state index contributed by atoms with van der Waals surface area (Å²) in [5.74, 6) is -1.41. The van der Waals surface area contributed by atoms with Crippen LogP contribution in [0, 0.1) is 18.7 Å². The van der Waals surface area contributed by atoms with Crippen LogP contribution in [0.4, 0.5) is 10.1 Å². The van der Waals surface area contributed by atoms with Crippen molar-refractivity contribution >= 4 is 23.5 Å². The maximum Gasteiger partial charge on any atom is 0.308 e. The minimum absolute atomic E-state index is 0.0478. The molecule has 3 aliphatic heterocycles. The lowest BCUT2D eigenvalue weighted by Gasteiger charge is -2.35. The number of anilines is 1. The number of hydrogen-bond donors (Lipinski definition) is 1. The molecular weight excluding hydrogens is 561 g/mol. The highest BCUT2D eigenvalue weighted by molar-refractivity contribution is 5.95. The van der Waals surface area contributed by atoms with E-state index >= 15 is 0 Å². The quantitative estimate of drug-likeness (QED) is 0.321. The standard InChI is InChI=1S/C35H46FN3O5/c1-4-7-26(8-5-2)39(27-11-12-29(36)23(3)19-27)33(41)22-38-21-28(24-10-13-31-25(20-24)15-18-44-31)34(35(42)43)30(38)14-17-37-16-6-9-32(37)40/h10-13,19-20,26,28,30,34H,4-9,14-18,21-22H2,1-3H3,(H,42,43). The molecule has 0 aromatic heterocycles. The number of aryl methyl sites for hydroxylation is 1. The van der Waals surface area contributed by atoms with Gasteiger partial charge >= 0.3 is 5.97 Å². The molecule has 9 heteroatoms. The number of carboxylic acids is 1. The second kappa shape index (κ2) is 14.1. The van der Waals surface area contributed by atoms with Crippen LogP contribution in [0.3, 0.4) is 0 Å². The molecule has 5 rings (SSSR count). The fourth-order valence-electron chi connectivity index (χ4n) is 7.51. The first-order valence-corrected chi connectivity index (χ1v) is 16.3. The first-order valence-electron chi connectivity index (χ1n) is 16.3. The molecule has 2 saturated heterocycles. The molecule has 0 saturated carbocycles. The molecule has 44 heavy (non-hydrogen) atoms. The number of hydrogen-bond acceptors (Lipinski definition) is 5. The maximum absolute atomic E-state index is 14.4. The number of ether oxygens (including phenoxy) is 1. The third-order valence-electron chi connectivity index (χ3n) is 9.68. The fraction of sp³-hybridized carbons (Fsp3) is 0.571. The summed E-state index contributed by atoms with van der Waals surface area (Å²) in [6.45, 7) is 8.14. The fourth-order valence-corrected chi connectivity index (χ4v) is 7.51. The molecule has 2 aromatic carbocycles. The monoisotopic (exact) mass is 607 g/mol. The van der Waals surface area contributed by atoms with Gasteiger partial charge in [0.25, 0.3) is 0 Å². The molecule has 2 fully saturated rings. The lowest BCUT2D eigenvalue weighted by molar-refractivity contribution is -0.143. The number of likely N-dealkylation sites (tertiary alicyclic amines) is 2. The Morgan fingerprint density at radius 1 is 1.11 bits per heavy atom. The van der Waals surface area contributed by atoms with Gasteiger partial charge < -0.3 is 19.6 Å². The molecule has 3 atom stereocenters. The molecule has 2 aromatic rings. The van der Waals surface area contributed by atoms with Crippen LogP contribution >= 0.6 is 0 Å². The number of carboxylic acid groups (broad SMARTS) is 1. The topological polar surface area (TPSA) is 90.4 Å². The van der Waals surface area contributed by atoms with Crippen LogP contribution in [0.1, 0.15) is 81.4 Å². The summed E-state index contributed by atoms with van der Waals surface area (Å²) < 4.78 is 20.0. The van der Waals surface area contributed by atoms with Crippen molar-refractivity contribution < 1.29 is 28.6 Å². The normalized spacial score (nSPS) is 21.6. The van der Waals surface area contributed by atoms with Crippen molar-refractivity contribution in [2.24, 2.45) is 5.92 Å². The maximum atomic E-state index is 14.4. The Morgan fingerprint density at radius 3 is 2.55 bits per heavy atom. The SMILES string of the molecule is CCCC(CCC)N(C(=O)CN1CC(c2ccc3c(c2)CCO3)C(C(=O)O)C1CCN1CCCC1=O)c1ccc(F)c(C)c1. The van der Waals surface area contributed by atoms with E-state index in [0.717, 1.165) is 55.4 Å². The van der Waals surface area contributed by atoms with E-state index in [-0.39, 0.29) is 36.1 Å². The molecule has 8 nitrogen and oxygen atoms in total. The molecule has 0 bridgehead atoms. The minimum atomic E-state index is -0.889. The van der Waals surface area contributed by atoms with Crippen molar-refractivity contribution in [1.82, 2.24) is 9.80 Å². The van der Waals surface area contributed by atoms with Crippen LogP contribution in [0.15, 0.2) is 36.4 Å². The molecular formula is C35H46FN3O5. The number of fused-ring (bicyclic) bond motifs is 1. The summed E-state index contributed by atoms with van der Waals surface area (Å²) >= 11 is 0. The lowest BCUT2D eigenvalue weighted by atomic mass is 9.83. The number of amides is 2. The summed E-state index contributed by atoms with van der Waals surface area (Å²) in [7, 11) is 0. The van der Waals surface area contributed by atoms with Gasteiger partial charge in [-0.05, 0) is 73.6 Å². The van der Waals surface area contributed by atoms with Crippen LogP contribution < -0.4 is 9.64 Å². The van der Waals surface area contributed by atoms with Crippen LogP contribution in [0.2, 0.25) is 0 Å². The zero-order chi connectivity index (χ0) is 31.4.